The summed E-state index contributed by atoms with van der Waals surface area (Å²) >= 11 is 6.47. The second-order valence-electron chi connectivity index (χ2n) is 8.87. The van der Waals surface area contributed by atoms with Crippen LogP contribution in [-0.2, 0) is 11.2 Å². The Morgan fingerprint density at radius 2 is 1.70 bits per heavy atom. The second-order valence-corrected chi connectivity index (χ2v) is 9.28. The second kappa shape index (κ2) is 11.9. The first kappa shape index (κ1) is 26.9. The van der Waals surface area contributed by atoms with Gasteiger partial charge < -0.3 is 35.3 Å². The summed E-state index contributed by atoms with van der Waals surface area (Å²) in [5, 5.41) is 32.4. The first-order valence-electron chi connectivity index (χ1n) is 12.0. The molecule has 9 heteroatoms. The highest BCUT2D eigenvalue weighted by Gasteiger charge is 2.44. The smallest absolute Gasteiger partial charge is 0.248 e. The van der Waals surface area contributed by atoms with Crippen molar-refractivity contribution in [3.8, 4) is 11.5 Å². The fraction of sp³-hybridized carbons (Fsp3) is 0.321. The topological polar surface area (TPSA) is 131 Å². The van der Waals surface area contributed by atoms with Crippen LogP contribution in [0.3, 0.4) is 0 Å². The predicted octanol–water partition coefficient (Wildman–Crippen LogP) is 3.03. The van der Waals surface area contributed by atoms with Gasteiger partial charge in [-0.15, -0.1) is 0 Å². The number of halogens is 1. The summed E-state index contributed by atoms with van der Waals surface area (Å²) in [4.78, 5) is 11.4. The quantitative estimate of drug-likeness (QED) is 0.336. The summed E-state index contributed by atoms with van der Waals surface area (Å²) < 4.78 is 17.2. The SMILES string of the molecule is CCOc1ccc(Cc2cc([C@@H]3O[C@H](COc4cccc(C(N)=O)c4)[C@@H](O)[C@H](O)[C@H]3O)ccc2Cl)cc1. The lowest BCUT2D eigenvalue weighted by molar-refractivity contribution is -0.230. The Balaban J connectivity index is 1.50. The van der Waals surface area contributed by atoms with Crippen LogP contribution in [0.1, 0.15) is 40.1 Å². The minimum absolute atomic E-state index is 0.129. The van der Waals surface area contributed by atoms with E-state index >= 15 is 0 Å². The van der Waals surface area contributed by atoms with Crippen molar-refractivity contribution in [1.82, 2.24) is 0 Å². The molecule has 0 aliphatic carbocycles. The molecule has 1 heterocycles. The molecule has 0 unspecified atom stereocenters. The fourth-order valence-electron chi connectivity index (χ4n) is 4.28. The highest BCUT2D eigenvalue weighted by molar-refractivity contribution is 6.31. The number of hydrogen-bond donors (Lipinski definition) is 4. The molecule has 0 saturated carbocycles. The molecule has 1 aliphatic heterocycles. The largest absolute Gasteiger partial charge is 0.494 e. The van der Waals surface area contributed by atoms with Crippen LogP contribution in [0, 0.1) is 0 Å². The van der Waals surface area contributed by atoms with E-state index in [-0.39, 0.29) is 12.2 Å². The van der Waals surface area contributed by atoms with Crippen LogP contribution in [-0.4, -0.2) is 58.9 Å². The molecule has 3 aromatic carbocycles. The highest BCUT2D eigenvalue weighted by Crippen LogP contribution is 2.35. The van der Waals surface area contributed by atoms with E-state index in [1.807, 2.05) is 37.3 Å². The van der Waals surface area contributed by atoms with Crippen LogP contribution in [0.4, 0.5) is 0 Å². The van der Waals surface area contributed by atoms with Gasteiger partial charge in [0.25, 0.3) is 0 Å². The molecule has 4 rings (SSSR count). The van der Waals surface area contributed by atoms with Crippen LogP contribution in [0.25, 0.3) is 0 Å². The monoisotopic (exact) mass is 527 g/mol. The van der Waals surface area contributed by atoms with Crippen molar-refractivity contribution in [2.45, 2.75) is 43.9 Å². The molecule has 0 spiro atoms. The van der Waals surface area contributed by atoms with Gasteiger partial charge in [0.1, 0.15) is 48.6 Å². The number of amides is 1. The van der Waals surface area contributed by atoms with Gasteiger partial charge in [0.2, 0.25) is 5.91 Å². The zero-order valence-electron chi connectivity index (χ0n) is 20.3. The van der Waals surface area contributed by atoms with E-state index in [0.717, 1.165) is 16.9 Å². The maximum Gasteiger partial charge on any atom is 0.248 e. The average molecular weight is 528 g/mol. The van der Waals surface area contributed by atoms with E-state index in [1.54, 1.807) is 30.3 Å². The average Bonchev–Trinajstić information content (AvgIpc) is 2.90. The summed E-state index contributed by atoms with van der Waals surface area (Å²) in [5.74, 6) is 0.544. The molecular formula is C28H30ClNO7. The first-order chi connectivity index (χ1) is 17.8. The van der Waals surface area contributed by atoms with Crippen molar-refractivity contribution in [2.75, 3.05) is 13.2 Å². The van der Waals surface area contributed by atoms with Gasteiger partial charge in [-0.1, -0.05) is 41.9 Å². The molecule has 196 valence electrons. The lowest BCUT2D eigenvalue weighted by Gasteiger charge is -2.40. The number of benzene rings is 3. The number of rotatable bonds is 9. The molecule has 1 saturated heterocycles. The van der Waals surface area contributed by atoms with E-state index in [1.165, 1.54) is 6.07 Å². The molecule has 0 radical (unpaired) electrons. The normalized spacial score (nSPS) is 23.4. The van der Waals surface area contributed by atoms with E-state index < -0.39 is 36.4 Å². The minimum atomic E-state index is -1.46. The Morgan fingerprint density at radius 3 is 2.41 bits per heavy atom. The molecule has 5 N–H and O–H groups in total. The summed E-state index contributed by atoms with van der Waals surface area (Å²) in [6, 6.07) is 19.3. The third-order valence-electron chi connectivity index (χ3n) is 6.27. The van der Waals surface area contributed by atoms with Crippen LogP contribution in [0.5, 0.6) is 11.5 Å². The summed E-state index contributed by atoms with van der Waals surface area (Å²) in [6.07, 6.45) is -5.57. The van der Waals surface area contributed by atoms with Crippen LogP contribution < -0.4 is 15.2 Å². The van der Waals surface area contributed by atoms with E-state index in [0.29, 0.717) is 29.4 Å². The minimum Gasteiger partial charge on any atom is -0.494 e. The Morgan fingerprint density at radius 1 is 0.946 bits per heavy atom. The molecule has 1 aliphatic rings. The predicted molar refractivity (Wildman–Crippen MR) is 138 cm³/mol. The first-order valence-corrected chi connectivity index (χ1v) is 12.4. The number of hydrogen-bond acceptors (Lipinski definition) is 7. The third-order valence-corrected chi connectivity index (χ3v) is 6.64. The molecule has 0 aromatic heterocycles. The summed E-state index contributed by atoms with van der Waals surface area (Å²) in [7, 11) is 0. The maximum absolute atomic E-state index is 11.4. The molecule has 1 amide bonds. The van der Waals surface area contributed by atoms with Gasteiger partial charge >= 0.3 is 0 Å². The lowest BCUT2D eigenvalue weighted by atomic mass is 9.90. The zero-order chi connectivity index (χ0) is 26.5. The molecule has 0 bridgehead atoms. The Hall–Kier alpha value is -3.14. The van der Waals surface area contributed by atoms with Gasteiger partial charge in [-0.3, -0.25) is 4.79 Å². The van der Waals surface area contributed by atoms with Crippen molar-refractivity contribution in [2.24, 2.45) is 5.73 Å². The number of nitrogens with two attached hydrogens (primary N) is 1. The van der Waals surface area contributed by atoms with E-state index in [9.17, 15) is 20.1 Å². The van der Waals surface area contributed by atoms with Crippen LogP contribution in [0.2, 0.25) is 5.02 Å². The van der Waals surface area contributed by atoms with Gasteiger partial charge in [-0.05, 0) is 66.4 Å². The van der Waals surface area contributed by atoms with E-state index in [2.05, 4.69) is 0 Å². The molecule has 1 fully saturated rings. The van der Waals surface area contributed by atoms with Crippen molar-refractivity contribution in [3.63, 3.8) is 0 Å². The standard InChI is InChI=1S/C28H30ClNO7/c1-2-35-20-9-6-16(7-10-20)12-19-13-17(8-11-22(19)29)27-26(33)25(32)24(31)23(37-27)15-36-21-5-3-4-18(14-21)28(30)34/h3-11,13-14,23-27,31-33H,2,12,15H2,1H3,(H2,30,34)/t23-,24-,25+,26-,27+/m1/s1. The number of aliphatic hydroxyl groups excluding tert-OH is 3. The molecular weight excluding hydrogens is 498 g/mol. The number of carbonyl (C=O) groups is 1. The zero-order valence-corrected chi connectivity index (χ0v) is 21.0. The van der Waals surface area contributed by atoms with Gasteiger partial charge in [0.15, 0.2) is 0 Å². The number of carbonyl (C=O) groups excluding carboxylic acids is 1. The number of primary amides is 1. The van der Waals surface area contributed by atoms with Crippen molar-refractivity contribution in [3.05, 3.63) is 94.0 Å². The molecule has 5 atom stereocenters. The van der Waals surface area contributed by atoms with Crippen LogP contribution >= 0.6 is 11.6 Å². The van der Waals surface area contributed by atoms with Crippen molar-refractivity contribution < 1.29 is 34.3 Å². The van der Waals surface area contributed by atoms with Crippen molar-refractivity contribution in [1.29, 1.82) is 0 Å². The molecule has 8 nitrogen and oxygen atoms in total. The Labute approximate surface area is 220 Å². The highest BCUT2D eigenvalue weighted by atomic mass is 35.5. The molecule has 37 heavy (non-hydrogen) atoms. The summed E-state index contributed by atoms with van der Waals surface area (Å²) in [5.41, 5.74) is 8.03. The third kappa shape index (κ3) is 6.41. The fourth-order valence-corrected chi connectivity index (χ4v) is 4.46. The molecule has 3 aromatic rings. The lowest BCUT2D eigenvalue weighted by Crippen LogP contribution is -2.55. The Bertz CT molecular complexity index is 1220. The Kier molecular flexibility index (Phi) is 8.68. The number of ether oxygens (including phenoxy) is 3. The van der Waals surface area contributed by atoms with Gasteiger partial charge in [-0.2, -0.15) is 0 Å². The number of aliphatic hydroxyl groups is 3. The van der Waals surface area contributed by atoms with Gasteiger partial charge in [0, 0.05) is 10.6 Å². The van der Waals surface area contributed by atoms with Crippen molar-refractivity contribution >= 4 is 17.5 Å². The maximum atomic E-state index is 11.4. The van der Waals surface area contributed by atoms with E-state index in [4.69, 9.17) is 31.5 Å². The van der Waals surface area contributed by atoms with Crippen LogP contribution in [0.15, 0.2) is 66.7 Å². The van der Waals surface area contributed by atoms with Gasteiger partial charge in [0.05, 0.1) is 6.61 Å². The van der Waals surface area contributed by atoms with Gasteiger partial charge in [-0.25, -0.2) is 0 Å². The summed E-state index contributed by atoms with van der Waals surface area (Å²) in [6.45, 7) is 2.38.